The molecule has 48 heavy (non-hydrogen) atoms. The average Bonchev–Trinajstić information content (AvgIpc) is 3.37. The minimum Gasteiger partial charge on any atom is -0.375 e. The molecule has 5 aliphatic rings. The lowest BCUT2D eigenvalue weighted by Crippen LogP contribution is -2.57. The topological polar surface area (TPSA) is 158 Å². The van der Waals surface area contributed by atoms with E-state index in [2.05, 4.69) is 33.0 Å². The molecule has 2 saturated heterocycles. The van der Waals surface area contributed by atoms with Crippen molar-refractivity contribution in [3.63, 3.8) is 0 Å². The molecule has 0 aromatic heterocycles. The van der Waals surface area contributed by atoms with Crippen molar-refractivity contribution < 1.29 is 27.5 Å². The van der Waals surface area contributed by atoms with Gasteiger partial charge >= 0.3 is 0 Å². The van der Waals surface area contributed by atoms with E-state index in [-0.39, 0.29) is 47.8 Å². The summed E-state index contributed by atoms with van der Waals surface area (Å²) in [6.45, 7) is 3.43. The quantitative estimate of drug-likeness (QED) is 0.260. The zero-order valence-corrected chi connectivity index (χ0v) is 30.3. The highest BCUT2D eigenvalue weighted by atomic mass is 32.2. The van der Waals surface area contributed by atoms with Gasteiger partial charge in [-0.1, -0.05) is 57.8 Å². The van der Waals surface area contributed by atoms with Gasteiger partial charge in [0.15, 0.2) is 0 Å². The average molecular weight is 695 g/mol. The van der Waals surface area contributed by atoms with Gasteiger partial charge in [-0.15, -0.1) is 0 Å². The van der Waals surface area contributed by atoms with Crippen LogP contribution in [0.4, 0.5) is 0 Å². The van der Waals surface area contributed by atoms with Gasteiger partial charge in [0.1, 0.15) is 18.1 Å². The third-order valence-electron chi connectivity index (χ3n) is 11.7. The number of hydrogen-bond donors (Lipinski definition) is 5. The first-order valence-electron chi connectivity index (χ1n) is 18.9. The van der Waals surface area contributed by atoms with Gasteiger partial charge < -0.3 is 20.7 Å². The second kappa shape index (κ2) is 17.4. The standard InChI is InChI=1S/C35H62N6O6S/c1-23-27(22-41(2)39-23)21-36-33(42)31-19-25-11-7-13-28(17-25)47-29-14-8-12-26(18-29)20-32(40-48(3,45)46)35(44)37-30(34(43)38-31)16-15-24-9-5-4-6-10-24/h23-32,39-40H,4-22H2,1-3H3,(H,36,42)(H,37,44)(H,38,43)/t23?,25?,26?,27?,28?,29?,30-,31-,32-/m0/s1. The first-order valence-corrected chi connectivity index (χ1v) is 20.8. The summed E-state index contributed by atoms with van der Waals surface area (Å²) in [5, 5.41) is 11.2. The number of fused-ring (bicyclic) bond motifs is 4. The molecule has 12 nitrogen and oxygen atoms in total. The van der Waals surface area contributed by atoms with E-state index in [1.165, 1.54) is 19.3 Å². The third-order valence-corrected chi connectivity index (χ3v) is 12.4. The SMILES string of the molecule is CC1NN(C)CC1CNC(=O)[C@@H]1CC2CCCC(C2)OC2CCCC(C2)C[C@H](NS(C)(=O)=O)C(=O)N[C@@H](CCC2CCCCC2)C(=O)N1. The van der Waals surface area contributed by atoms with Crippen molar-refractivity contribution in [1.29, 1.82) is 0 Å². The number of sulfonamides is 1. The number of hydrogen-bond acceptors (Lipinski definition) is 8. The van der Waals surface area contributed by atoms with Crippen LogP contribution in [0.3, 0.4) is 0 Å². The number of carbonyl (C=O) groups is 3. The number of hydrazine groups is 1. The molecule has 13 heteroatoms. The molecule has 6 unspecified atom stereocenters. The fraction of sp³-hybridized carbons (Fsp3) is 0.914. The Bertz CT molecular complexity index is 1200. The Morgan fingerprint density at radius 1 is 0.854 bits per heavy atom. The Hall–Kier alpha value is -1.80. The molecule has 0 spiro atoms. The van der Waals surface area contributed by atoms with Crippen molar-refractivity contribution >= 4 is 27.7 Å². The summed E-state index contributed by atoms with van der Waals surface area (Å²) in [6.07, 6.45) is 16.6. The van der Waals surface area contributed by atoms with Crippen LogP contribution < -0.4 is 26.1 Å². The molecular formula is C35H62N6O6S. The van der Waals surface area contributed by atoms with Crippen molar-refractivity contribution in [1.82, 2.24) is 31.1 Å². The normalized spacial score (nSPS) is 36.6. The molecule has 3 aliphatic carbocycles. The molecule has 3 amide bonds. The fourth-order valence-electron chi connectivity index (χ4n) is 9.10. The van der Waals surface area contributed by atoms with Gasteiger partial charge in [-0.2, -0.15) is 0 Å². The van der Waals surface area contributed by atoms with Gasteiger partial charge in [-0.05, 0) is 76.0 Å². The van der Waals surface area contributed by atoms with E-state index in [1.54, 1.807) is 0 Å². The van der Waals surface area contributed by atoms with Gasteiger partial charge in [0.25, 0.3) is 0 Å². The smallest absolute Gasteiger partial charge is 0.243 e. The van der Waals surface area contributed by atoms with Crippen molar-refractivity contribution in [3.05, 3.63) is 0 Å². The maximum Gasteiger partial charge on any atom is 0.243 e. The molecule has 5 N–H and O–H groups in total. The van der Waals surface area contributed by atoms with Crippen molar-refractivity contribution in [2.45, 2.75) is 152 Å². The number of carbonyl (C=O) groups excluding carboxylic acids is 3. The van der Waals surface area contributed by atoms with Crippen molar-refractivity contribution in [2.75, 3.05) is 26.4 Å². The summed E-state index contributed by atoms with van der Waals surface area (Å²) in [5.41, 5.74) is 3.37. The Morgan fingerprint density at radius 3 is 2.15 bits per heavy atom. The van der Waals surface area contributed by atoms with Crippen LogP contribution in [0, 0.1) is 23.7 Å². The number of ether oxygens (including phenoxy) is 1. The summed E-state index contributed by atoms with van der Waals surface area (Å²) in [7, 11) is -1.70. The highest BCUT2D eigenvalue weighted by molar-refractivity contribution is 7.88. The van der Waals surface area contributed by atoms with Crippen LogP contribution >= 0.6 is 0 Å². The van der Waals surface area contributed by atoms with E-state index in [1.807, 2.05) is 12.1 Å². The Labute approximate surface area is 288 Å². The van der Waals surface area contributed by atoms with Crippen LogP contribution in [0.15, 0.2) is 0 Å². The molecular weight excluding hydrogens is 632 g/mol. The minimum absolute atomic E-state index is 0.0736. The lowest BCUT2D eigenvalue weighted by Gasteiger charge is -2.37. The van der Waals surface area contributed by atoms with Crippen molar-refractivity contribution in [3.8, 4) is 0 Å². The first-order chi connectivity index (χ1) is 22.9. The molecule has 9 atom stereocenters. The predicted molar refractivity (Wildman–Crippen MR) is 185 cm³/mol. The molecule has 5 fully saturated rings. The predicted octanol–water partition coefficient (Wildman–Crippen LogP) is 2.73. The minimum atomic E-state index is -3.69. The van der Waals surface area contributed by atoms with Gasteiger partial charge in [0.2, 0.25) is 27.7 Å². The van der Waals surface area contributed by atoms with Crippen LogP contribution in [0.5, 0.6) is 0 Å². The number of rotatable bonds is 8. The van der Waals surface area contributed by atoms with Crippen LogP contribution in [0.25, 0.3) is 0 Å². The molecule has 0 radical (unpaired) electrons. The van der Waals surface area contributed by atoms with E-state index in [0.717, 1.165) is 83.4 Å². The zero-order valence-electron chi connectivity index (χ0n) is 29.5. The summed E-state index contributed by atoms with van der Waals surface area (Å²) < 4.78 is 34.1. The summed E-state index contributed by atoms with van der Waals surface area (Å²) >= 11 is 0. The zero-order chi connectivity index (χ0) is 34.3. The summed E-state index contributed by atoms with van der Waals surface area (Å²) in [6, 6.07) is -2.36. The molecule has 5 rings (SSSR count). The van der Waals surface area contributed by atoms with Gasteiger partial charge in [0.05, 0.1) is 18.5 Å². The molecule has 0 aromatic rings. The van der Waals surface area contributed by atoms with Gasteiger partial charge in [-0.3, -0.25) is 19.8 Å². The summed E-state index contributed by atoms with van der Waals surface area (Å²) in [5.74, 6) is 0.0646. The lowest BCUT2D eigenvalue weighted by atomic mass is 9.81. The van der Waals surface area contributed by atoms with E-state index < -0.39 is 34.1 Å². The first kappa shape index (κ1) is 37.5. The number of nitrogens with one attached hydrogen (secondary N) is 5. The van der Waals surface area contributed by atoms with E-state index in [4.69, 9.17) is 4.74 Å². The van der Waals surface area contributed by atoms with Crippen LogP contribution in [-0.2, 0) is 29.1 Å². The highest BCUT2D eigenvalue weighted by Crippen LogP contribution is 2.35. The van der Waals surface area contributed by atoms with Crippen LogP contribution in [0.2, 0.25) is 0 Å². The monoisotopic (exact) mass is 694 g/mol. The van der Waals surface area contributed by atoms with Crippen molar-refractivity contribution in [2.24, 2.45) is 23.7 Å². The molecule has 3 saturated carbocycles. The Morgan fingerprint density at radius 2 is 1.52 bits per heavy atom. The molecule has 4 bridgehead atoms. The number of amides is 3. The largest absolute Gasteiger partial charge is 0.375 e. The second-order valence-corrected chi connectivity index (χ2v) is 17.6. The van der Waals surface area contributed by atoms with Gasteiger partial charge in [0, 0.05) is 32.1 Å². The molecule has 0 aromatic carbocycles. The van der Waals surface area contributed by atoms with E-state index in [9.17, 15) is 22.8 Å². The summed E-state index contributed by atoms with van der Waals surface area (Å²) in [4.78, 5) is 41.9. The molecule has 2 aliphatic heterocycles. The Kier molecular flexibility index (Phi) is 13.6. The van der Waals surface area contributed by atoms with E-state index in [0.29, 0.717) is 31.7 Å². The van der Waals surface area contributed by atoms with Gasteiger partial charge in [-0.25, -0.2) is 18.1 Å². The fourth-order valence-corrected chi connectivity index (χ4v) is 9.82. The molecule has 274 valence electrons. The van der Waals surface area contributed by atoms with Crippen LogP contribution in [0.1, 0.15) is 116 Å². The maximum atomic E-state index is 14.1. The maximum absolute atomic E-state index is 14.1. The Balaban J connectivity index is 1.38. The third kappa shape index (κ3) is 11.4. The lowest BCUT2D eigenvalue weighted by molar-refractivity contribution is -0.133. The molecule has 2 heterocycles. The van der Waals surface area contributed by atoms with Crippen LogP contribution in [-0.4, -0.2) is 93.9 Å². The number of nitrogens with zero attached hydrogens (tertiary/aromatic N) is 1. The van der Waals surface area contributed by atoms with E-state index >= 15 is 0 Å². The highest BCUT2D eigenvalue weighted by Gasteiger charge is 2.37. The second-order valence-electron chi connectivity index (χ2n) is 15.9.